The first kappa shape index (κ1) is 23.7. The number of anilines is 1. The Morgan fingerprint density at radius 2 is 1.87 bits per heavy atom. The maximum absolute atomic E-state index is 12.4. The van der Waals surface area contributed by atoms with Crippen LogP contribution in [-0.4, -0.2) is 47.8 Å². The van der Waals surface area contributed by atoms with Crippen LogP contribution in [0.25, 0.3) is 5.57 Å². The second kappa shape index (κ2) is 8.91. The molecule has 2 aliphatic heterocycles. The number of aliphatic carboxylic acids is 1. The molecule has 1 saturated heterocycles. The van der Waals surface area contributed by atoms with Crippen LogP contribution in [-0.2, 0) is 9.53 Å². The third-order valence-electron chi connectivity index (χ3n) is 6.36. The predicted octanol–water partition coefficient (Wildman–Crippen LogP) is 4.64. The van der Waals surface area contributed by atoms with E-state index >= 15 is 0 Å². The van der Waals surface area contributed by atoms with Crippen LogP contribution < -0.4 is 10.2 Å². The summed E-state index contributed by atoms with van der Waals surface area (Å²) in [5.41, 5.74) is 5.51. The van der Waals surface area contributed by atoms with Gasteiger partial charge in [-0.05, 0) is 71.4 Å². The van der Waals surface area contributed by atoms with Gasteiger partial charge in [-0.3, -0.25) is 4.98 Å². The van der Waals surface area contributed by atoms with Gasteiger partial charge in [0.1, 0.15) is 0 Å². The summed E-state index contributed by atoms with van der Waals surface area (Å²) in [7, 11) is 0. The number of nitrogens with one attached hydrogen (secondary N) is 1. The summed E-state index contributed by atoms with van der Waals surface area (Å²) in [5, 5.41) is 13.6. The van der Waals surface area contributed by atoms with E-state index in [0.717, 1.165) is 68.1 Å². The lowest BCUT2D eigenvalue weighted by Gasteiger charge is -2.41. The fourth-order valence-corrected chi connectivity index (χ4v) is 4.64. The molecule has 0 unspecified atom stereocenters. The molecule has 1 fully saturated rings. The minimum atomic E-state index is -1.06. The molecule has 0 radical (unpaired) electrons. The average Bonchev–Trinajstić information content (AvgIpc) is 2.66. The number of rotatable bonds is 5. The number of nitrogens with zero attached hydrogens (tertiary/aromatic N) is 2. The van der Waals surface area contributed by atoms with E-state index < -0.39 is 17.7 Å². The zero-order valence-electron chi connectivity index (χ0n) is 20.3. The van der Waals surface area contributed by atoms with Crippen molar-refractivity contribution < 1.29 is 14.6 Å². The maximum Gasteiger partial charge on any atom is 0.337 e. The zero-order valence-corrected chi connectivity index (χ0v) is 20.3. The lowest BCUT2D eigenvalue weighted by molar-refractivity contribution is -0.160. The molecule has 0 spiro atoms. The van der Waals surface area contributed by atoms with Crippen molar-refractivity contribution in [2.75, 3.05) is 31.1 Å². The van der Waals surface area contributed by atoms with Crippen molar-refractivity contribution in [3.8, 4) is 0 Å². The number of aryl methyl sites for hydroxylation is 2. The van der Waals surface area contributed by atoms with Crippen molar-refractivity contribution >= 4 is 17.2 Å². The first-order chi connectivity index (χ1) is 14.4. The molecule has 1 aromatic heterocycles. The summed E-state index contributed by atoms with van der Waals surface area (Å²) < 4.78 is 6.12. The number of hydrogen-bond acceptors (Lipinski definition) is 5. The molecular formula is C25H39N3O3. The smallest absolute Gasteiger partial charge is 0.337 e. The molecule has 1 aromatic rings. The summed E-state index contributed by atoms with van der Waals surface area (Å²) in [6.45, 7) is 17.9. The fraction of sp³-hybridized carbons (Fsp3) is 0.680. The van der Waals surface area contributed by atoms with E-state index in [4.69, 9.17) is 9.72 Å². The molecule has 6 heteroatoms. The Hall–Kier alpha value is -1.92. The topological polar surface area (TPSA) is 74.7 Å². The maximum atomic E-state index is 12.4. The minimum Gasteiger partial charge on any atom is -0.479 e. The largest absolute Gasteiger partial charge is 0.479 e. The van der Waals surface area contributed by atoms with Gasteiger partial charge in [0.05, 0.1) is 11.3 Å². The van der Waals surface area contributed by atoms with Crippen LogP contribution in [0.4, 0.5) is 5.69 Å². The van der Waals surface area contributed by atoms with Gasteiger partial charge in [0.25, 0.3) is 0 Å². The van der Waals surface area contributed by atoms with Gasteiger partial charge in [0.2, 0.25) is 0 Å². The Balaban J connectivity index is 2.23. The number of hydrogen-bond donors (Lipinski definition) is 2. The molecule has 31 heavy (non-hydrogen) atoms. The number of carboxylic acid groups (broad SMARTS) is 1. The summed E-state index contributed by atoms with van der Waals surface area (Å²) in [6, 6.07) is 0. The summed E-state index contributed by atoms with van der Waals surface area (Å²) in [5.74, 6) is -0.965. The van der Waals surface area contributed by atoms with Gasteiger partial charge in [-0.1, -0.05) is 19.9 Å². The van der Waals surface area contributed by atoms with Crippen molar-refractivity contribution in [2.45, 2.75) is 79.4 Å². The third-order valence-corrected chi connectivity index (χ3v) is 6.36. The van der Waals surface area contributed by atoms with Gasteiger partial charge in [-0.15, -0.1) is 0 Å². The molecular weight excluding hydrogens is 390 g/mol. The highest BCUT2D eigenvalue weighted by Gasteiger charge is 2.36. The molecule has 0 aliphatic carbocycles. The van der Waals surface area contributed by atoms with E-state index in [1.807, 2.05) is 34.6 Å². The molecule has 2 aliphatic rings. The van der Waals surface area contributed by atoms with Crippen LogP contribution in [0.2, 0.25) is 0 Å². The number of ether oxygens (including phenoxy) is 1. The van der Waals surface area contributed by atoms with Gasteiger partial charge in [0.15, 0.2) is 6.10 Å². The third kappa shape index (κ3) is 5.47. The molecule has 0 saturated carbocycles. The van der Waals surface area contributed by atoms with E-state index in [1.165, 1.54) is 5.57 Å². The first-order valence-corrected chi connectivity index (χ1v) is 11.5. The van der Waals surface area contributed by atoms with Crippen LogP contribution >= 0.6 is 0 Å². The second-order valence-corrected chi connectivity index (χ2v) is 10.7. The highest BCUT2D eigenvalue weighted by molar-refractivity contribution is 5.86. The van der Waals surface area contributed by atoms with Crippen LogP contribution in [0.15, 0.2) is 6.08 Å². The van der Waals surface area contributed by atoms with E-state index in [9.17, 15) is 9.90 Å². The van der Waals surface area contributed by atoms with Gasteiger partial charge in [-0.25, -0.2) is 4.79 Å². The van der Waals surface area contributed by atoms with E-state index in [1.54, 1.807) is 0 Å². The zero-order chi connectivity index (χ0) is 23.0. The normalized spacial score (nSPS) is 20.4. The summed E-state index contributed by atoms with van der Waals surface area (Å²) in [6.07, 6.45) is 4.23. The Morgan fingerprint density at radius 1 is 1.23 bits per heavy atom. The van der Waals surface area contributed by atoms with E-state index in [2.05, 4.69) is 30.1 Å². The number of pyridine rings is 1. The summed E-state index contributed by atoms with van der Waals surface area (Å²) in [4.78, 5) is 19.7. The fourth-order valence-electron chi connectivity index (χ4n) is 4.64. The molecule has 3 rings (SSSR count). The number of aromatic nitrogens is 1. The quantitative estimate of drug-likeness (QED) is 0.710. The van der Waals surface area contributed by atoms with Crippen LogP contribution in [0.1, 0.15) is 82.5 Å². The molecule has 172 valence electrons. The van der Waals surface area contributed by atoms with Crippen molar-refractivity contribution in [2.24, 2.45) is 5.41 Å². The average molecular weight is 430 g/mol. The first-order valence-electron chi connectivity index (χ1n) is 11.5. The van der Waals surface area contributed by atoms with Crippen molar-refractivity contribution in [1.29, 1.82) is 0 Å². The molecule has 1 atom stereocenters. The lowest BCUT2D eigenvalue weighted by Crippen LogP contribution is -2.40. The van der Waals surface area contributed by atoms with Crippen molar-refractivity contribution in [3.63, 3.8) is 0 Å². The van der Waals surface area contributed by atoms with Crippen molar-refractivity contribution in [3.05, 3.63) is 28.6 Å². The van der Waals surface area contributed by atoms with Gasteiger partial charge < -0.3 is 20.1 Å². The predicted molar refractivity (Wildman–Crippen MR) is 126 cm³/mol. The van der Waals surface area contributed by atoms with E-state index in [0.29, 0.717) is 11.0 Å². The van der Waals surface area contributed by atoms with Gasteiger partial charge >= 0.3 is 5.97 Å². The Morgan fingerprint density at radius 3 is 2.39 bits per heavy atom. The molecule has 0 bridgehead atoms. The Labute approximate surface area is 187 Å². The van der Waals surface area contributed by atoms with Gasteiger partial charge in [-0.2, -0.15) is 0 Å². The summed E-state index contributed by atoms with van der Waals surface area (Å²) >= 11 is 0. The second-order valence-electron chi connectivity index (χ2n) is 10.7. The molecule has 2 N–H and O–H groups in total. The highest BCUT2D eigenvalue weighted by atomic mass is 16.5. The number of piperidine rings is 1. The monoisotopic (exact) mass is 429 g/mol. The lowest BCUT2D eigenvalue weighted by atomic mass is 9.81. The van der Waals surface area contributed by atoms with Crippen LogP contribution in [0, 0.1) is 19.3 Å². The standard InChI is InChI=1S/C25H39N3O3/c1-16-19(18-8-12-26-13-9-18)21(28-14-10-25(6,7)11-15-28)20(17(2)27-16)22(23(29)30)31-24(3,4)5/h8,22,26H,9-15H2,1-7H3,(H,29,30)/t22-/m0/s1. The Bertz CT molecular complexity index is 858. The highest BCUT2D eigenvalue weighted by Crippen LogP contribution is 2.43. The molecule has 0 amide bonds. The molecule has 3 heterocycles. The molecule has 0 aromatic carbocycles. The van der Waals surface area contributed by atoms with Crippen LogP contribution in [0.5, 0.6) is 0 Å². The number of carboxylic acids is 1. The van der Waals surface area contributed by atoms with Crippen molar-refractivity contribution in [1.82, 2.24) is 10.3 Å². The minimum absolute atomic E-state index is 0.302. The molecule has 6 nitrogen and oxygen atoms in total. The Kier molecular flexibility index (Phi) is 6.82. The van der Waals surface area contributed by atoms with Crippen LogP contribution in [0.3, 0.4) is 0 Å². The van der Waals surface area contributed by atoms with Gasteiger partial charge in [0, 0.05) is 42.1 Å². The number of carbonyl (C=O) groups is 1. The SMILES string of the molecule is Cc1nc(C)c([C@H](OC(C)(C)C)C(=O)O)c(N2CCC(C)(C)CC2)c1C1=CCNCC1. The van der Waals surface area contributed by atoms with E-state index in [-0.39, 0.29) is 0 Å².